The van der Waals surface area contributed by atoms with Crippen LogP contribution in [0.2, 0.25) is 0 Å². The van der Waals surface area contributed by atoms with Gasteiger partial charge in [-0.3, -0.25) is 4.48 Å². The van der Waals surface area contributed by atoms with Gasteiger partial charge in [-0.1, -0.05) is 6.07 Å². The maximum Gasteiger partial charge on any atom is 0.135 e. The summed E-state index contributed by atoms with van der Waals surface area (Å²) in [6.07, 6.45) is 0. The van der Waals surface area contributed by atoms with Crippen molar-refractivity contribution in [2.45, 2.75) is 6.92 Å². The number of hydrogen-bond donors (Lipinski definition) is 0. The number of benzene rings is 1. The minimum Gasteiger partial charge on any atom is -0.296 e. The van der Waals surface area contributed by atoms with Gasteiger partial charge < -0.3 is 0 Å². The second-order valence-electron chi connectivity index (χ2n) is 3.48. The Balaban J connectivity index is 3.03. The molecule has 0 saturated heterocycles. The summed E-state index contributed by atoms with van der Waals surface area (Å²) in [7, 11) is 4.13. The summed E-state index contributed by atoms with van der Waals surface area (Å²) in [5, 5.41) is 0. The van der Waals surface area contributed by atoms with Gasteiger partial charge in [-0.05, 0) is 19.1 Å². The molecule has 0 unspecified atom stereocenters. The molecule has 1 nitrogen and oxygen atoms in total. The van der Waals surface area contributed by atoms with Crippen LogP contribution in [0.1, 0.15) is 6.92 Å². The Morgan fingerprint density at radius 3 is 2.50 bits per heavy atom. The van der Waals surface area contributed by atoms with Crippen molar-refractivity contribution in [2.75, 3.05) is 20.6 Å². The maximum absolute atomic E-state index is 12.8. The summed E-state index contributed by atoms with van der Waals surface area (Å²) in [5.74, 6) is -0.160. The summed E-state index contributed by atoms with van der Waals surface area (Å²) >= 11 is 0. The molecule has 0 aromatic heterocycles. The summed E-state index contributed by atoms with van der Waals surface area (Å²) in [6.45, 7) is 3.05. The van der Waals surface area contributed by atoms with E-state index >= 15 is 0 Å². The smallest absolute Gasteiger partial charge is 0.135 e. The van der Waals surface area contributed by atoms with Crippen molar-refractivity contribution in [2.24, 2.45) is 0 Å². The lowest BCUT2D eigenvalue weighted by Crippen LogP contribution is -2.39. The SMILES string of the molecule is CC[N+](C)(C)c1cccc(F)c1. The van der Waals surface area contributed by atoms with Crippen LogP contribution in [-0.4, -0.2) is 20.6 Å². The minimum atomic E-state index is -0.160. The maximum atomic E-state index is 12.8. The number of quaternary nitrogens is 1. The Morgan fingerprint density at radius 2 is 2.00 bits per heavy atom. The summed E-state index contributed by atoms with van der Waals surface area (Å²) in [4.78, 5) is 0. The van der Waals surface area contributed by atoms with E-state index in [0.717, 1.165) is 16.7 Å². The molecule has 0 aliphatic rings. The van der Waals surface area contributed by atoms with E-state index in [4.69, 9.17) is 0 Å². The molecule has 2 heteroatoms. The summed E-state index contributed by atoms with van der Waals surface area (Å²) < 4.78 is 13.5. The van der Waals surface area contributed by atoms with Crippen LogP contribution in [-0.2, 0) is 0 Å². The van der Waals surface area contributed by atoms with Gasteiger partial charge in [0, 0.05) is 6.07 Å². The van der Waals surface area contributed by atoms with Crippen molar-refractivity contribution in [3.8, 4) is 0 Å². The predicted octanol–water partition coefficient (Wildman–Crippen LogP) is 2.41. The van der Waals surface area contributed by atoms with Crippen LogP contribution < -0.4 is 4.48 Å². The van der Waals surface area contributed by atoms with Crippen molar-refractivity contribution in [3.63, 3.8) is 0 Å². The fourth-order valence-corrected chi connectivity index (χ4v) is 1.04. The molecule has 0 N–H and O–H groups in total. The first-order valence-electron chi connectivity index (χ1n) is 4.15. The molecule has 66 valence electrons. The molecule has 0 radical (unpaired) electrons. The molecule has 0 fully saturated rings. The molecule has 0 amide bonds. The molecule has 0 atom stereocenters. The van der Waals surface area contributed by atoms with Gasteiger partial charge >= 0.3 is 0 Å². The zero-order valence-electron chi connectivity index (χ0n) is 7.84. The highest BCUT2D eigenvalue weighted by Gasteiger charge is 2.15. The van der Waals surface area contributed by atoms with Crippen molar-refractivity contribution in [1.29, 1.82) is 0 Å². The first-order chi connectivity index (χ1) is 5.56. The predicted molar refractivity (Wildman–Crippen MR) is 50.6 cm³/mol. The monoisotopic (exact) mass is 168 g/mol. The highest BCUT2D eigenvalue weighted by Crippen LogP contribution is 2.18. The molecule has 12 heavy (non-hydrogen) atoms. The van der Waals surface area contributed by atoms with Gasteiger partial charge in [-0.2, -0.15) is 0 Å². The van der Waals surface area contributed by atoms with Gasteiger partial charge in [0.05, 0.1) is 20.6 Å². The summed E-state index contributed by atoms with van der Waals surface area (Å²) in [5.41, 5.74) is 1.01. The molecule has 1 aromatic carbocycles. The van der Waals surface area contributed by atoms with E-state index in [1.807, 2.05) is 6.07 Å². The second kappa shape index (κ2) is 3.23. The first-order valence-corrected chi connectivity index (χ1v) is 4.15. The average Bonchev–Trinajstić information content (AvgIpc) is 2.05. The molecular weight excluding hydrogens is 153 g/mol. The molecule has 0 spiro atoms. The van der Waals surface area contributed by atoms with Gasteiger partial charge in [-0.25, -0.2) is 4.39 Å². The van der Waals surface area contributed by atoms with Crippen LogP contribution in [0.25, 0.3) is 0 Å². The fourth-order valence-electron chi connectivity index (χ4n) is 1.04. The van der Waals surface area contributed by atoms with E-state index in [-0.39, 0.29) is 5.82 Å². The van der Waals surface area contributed by atoms with Crippen LogP contribution in [0, 0.1) is 5.82 Å². The molecule has 0 bridgehead atoms. The molecular formula is C10H15FN+. The Hall–Kier alpha value is -0.890. The lowest BCUT2D eigenvalue weighted by Gasteiger charge is -2.27. The van der Waals surface area contributed by atoms with E-state index in [1.165, 1.54) is 6.07 Å². The lowest BCUT2D eigenvalue weighted by molar-refractivity contribution is 0.418. The lowest BCUT2D eigenvalue weighted by atomic mass is 10.2. The zero-order valence-corrected chi connectivity index (χ0v) is 7.84. The van der Waals surface area contributed by atoms with E-state index < -0.39 is 0 Å². The van der Waals surface area contributed by atoms with E-state index in [9.17, 15) is 4.39 Å². The number of halogens is 1. The van der Waals surface area contributed by atoms with Crippen LogP contribution in [0.15, 0.2) is 24.3 Å². The van der Waals surface area contributed by atoms with Gasteiger partial charge in [0.15, 0.2) is 0 Å². The largest absolute Gasteiger partial charge is 0.296 e. The van der Waals surface area contributed by atoms with Crippen LogP contribution >= 0.6 is 0 Å². The number of hydrogen-bond acceptors (Lipinski definition) is 0. The van der Waals surface area contributed by atoms with Crippen molar-refractivity contribution in [3.05, 3.63) is 30.1 Å². The third-order valence-electron chi connectivity index (χ3n) is 2.30. The van der Waals surface area contributed by atoms with Crippen molar-refractivity contribution in [1.82, 2.24) is 4.48 Å². The van der Waals surface area contributed by atoms with E-state index in [1.54, 1.807) is 12.1 Å². The minimum absolute atomic E-state index is 0.160. The topological polar surface area (TPSA) is 0 Å². The Kier molecular flexibility index (Phi) is 2.48. The normalized spacial score (nSPS) is 11.7. The Bertz CT molecular complexity index is 268. The standard InChI is InChI=1S/C10H15FN/c1-4-12(2,3)10-7-5-6-9(11)8-10/h5-8H,4H2,1-3H3/q+1. The third kappa shape index (κ3) is 1.83. The average molecular weight is 168 g/mol. The Morgan fingerprint density at radius 1 is 1.33 bits per heavy atom. The third-order valence-corrected chi connectivity index (χ3v) is 2.30. The number of nitrogens with zero attached hydrogens (tertiary/aromatic N) is 1. The molecule has 1 rings (SSSR count). The van der Waals surface area contributed by atoms with Crippen LogP contribution in [0.4, 0.5) is 10.1 Å². The molecule has 0 aliphatic heterocycles. The highest BCUT2D eigenvalue weighted by molar-refractivity contribution is 5.41. The molecule has 0 aliphatic carbocycles. The first kappa shape index (κ1) is 9.20. The highest BCUT2D eigenvalue weighted by atomic mass is 19.1. The van der Waals surface area contributed by atoms with Gasteiger partial charge in [-0.15, -0.1) is 0 Å². The summed E-state index contributed by atoms with van der Waals surface area (Å²) in [6, 6.07) is 6.76. The van der Waals surface area contributed by atoms with Crippen LogP contribution in [0.5, 0.6) is 0 Å². The van der Waals surface area contributed by atoms with Crippen molar-refractivity contribution < 1.29 is 4.39 Å². The zero-order chi connectivity index (χ0) is 9.19. The number of rotatable bonds is 2. The second-order valence-corrected chi connectivity index (χ2v) is 3.48. The van der Waals surface area contributed by atoms with E-state index in [2.05, 4.69) is 21.0 Å². The van der Waals surface area contributed by atoms with Gasteiger partial charge in [0.1, 0.15) is 11.5 Å². The quantitative estimate of drug-likeness (QED) is 0.595. The Labute approximate surface area is 73.0 Å². The van der Waals surface area contributed by atoms with E-state index in [0.29, 0.717) is 0 Å². The van der Waals surface area contributed by atoms with Gasteiger partial charge in [0.2, 0.25) is 0 Å². The van der Waals surface area contributed by atoms with Crippen LogP contribution in [0.3, 0.4) is 0 Å². The molecule has 0 saturated carbocycles. The molecule has 0 heterocycles. The van der Waals surface area contributed by atoms with Gasteiger partial charge in [0.25, 0.3) is 0 Å². The molecule has 1 aromatic rings. The van der Waals surface area contributed by atoms with Crippen molar-refractivity contribution >= 4 is 5.69 Å². The fraction of sp³-hybridized carbons (Fsp3) is 0.400.